The van der Waals surface area contributed by atoms with Gasteiger partial charge in [0.2, 0.25) is 0 Å². The molecular formula is C9H15F3N2O4S2. The van der Waals surface area contributed by atoms with Gasteiger partial charge in [0.25, 0.3) is 10.2 Å². The van der Waals surface area contributed by atoms with E-state index in [1.807, 2.05) is 0 Å². The van der Waals surface area contributed by atoms with Crippen molar-refractivity contribution in [2.75, 3.05) is 25.4 Å². The Morgan fingerprint density at radius 2 is 1.90 bits per heavy atom. The second-order valence-electron chi connectivity index (χ2n) is 4.21. The van der Waals surface area contributed by atoms with E-state index in [9.17, 15) is 26.4 Å². The highest BCUT2D eigenvalue weighted by Gasteiger charge is 2.31. The first-order valence-electron chi connectivity index (χ1n) is 5.80. The Kier molecular flexibility index (Phi) is 6.10. The summed E-state index contributed by atoms with van der Waals surface area (Å²) in [5.41, 5.74) is -4.38. The number of alkyl halides is 3. The Morgan fingerprint density at radius 3 is 2.35 bits per heavy atom. The van der Waals surface area contributed by atoms with Crippen molar-refractivity contribution in [3.05, 3.63) is 0 Å². The third-order valence-corrected chi connectivity index (χ3v) is 5.14. The molecular weight excluding hydrogens is 321 g/mol. The van der Waals surface area contributed by atoms with E-state index in [0.717, 1.165) is 4.31 Å². The van der Waals surface area contributed by atoms with Gasteiger partial charge < -0.3 is 5.11 Å². The maximum atomic E-state index is 11.9. The van der Waals surface area contributed by atoms with Crippen LogP contribution in [-0.4, -0.2) is 54.7 Å². The fraction of sp³-hybridized carbons (Fsp3) is 0.889. The van der Waals surface area contributed by atoms with Crippen LogP contribution in [0.2, 0.25) is 0 Å². The summed E-state index contributed by atoms with van der Waals surface area (Å²) in [4.78, 5) is 10.7. The van der Waals surface area contributed by atoms with Crippen molar-refractivity contribution in [2.45, 2.75) is 18.3 Å². The predicted octanol–water partition coefficient (Wildman–Crippen LogP) is 0.870. The van der Waals surface area contributed by atoms with Crippen LogP contribution in [0.5, 0.6) is 0 Å². The highest BCUT2D eigenvalue weighted by Crippen LogP contribution is 2.29. The number of hydrogen-bond acceptors (Lipinski definition) is 4. The number of thioether (sulfide) groups is 1. The average molecular weight is 336 g/mol. The lowest BCUT2D eigenvalue weighted by Crippen LogP contribution is -2.46. The van der Waals surface area contributed by atoms with Crippen molar-refractivity contribution in [2.24, 2.45) is 5.92 Å². The number of carboxylic acids is 1. The maximum Gasteiger partial charge on any atom is 0.441 e. The lowest BCUT2D eigenvalue weighted by molar-refractivity contribution is -0.142. The second kappa shape index (κ2) is 6.96. The van der Waals surface area contributed by atoms with Gasteiger partial charge >= 0.3 is 11.5 Å². The van der Waals surface area contributed by atoms with Crippen LogP contribution in [-0.2, 0) is 15.0 Å². The zero-order valence-corrected chi connectivity index (χ0v) is 12.0. The van der Waals surface area contributed by atoms with E-state index in [1.54, 1.807) is 0 Å². The van der Waals surface area contributed by atoms with Crippen LogP contribution in [0.15, 0.2) is 0 Å². The predicted molar refractivity (Wildman–Crippen MR) is 67.4 cm³/mol. The monoisotopic (exact) mass is 336 g/mol. The molecule has 1 aliphatic heterocycles. The van der Waals surface area contributed by atoms with Crippen LogP contribution < -0.4 is 4.72 Å². The minimum absolute atomic E-state index is 0.0543. The Bertz CT molecular complexity index is 433. The van der Waals surface area contributed by atoms with Crippen LogP contribution in [0.25, 0.3) is 0 Å². The summed E-state index contributed by atoms with van der Waals surface area (Å²) in [5.74, 6) is -1.94. The van der Waals surface area contributed by atoms with E-state index in [0.29, 0.717) is 0 Å². The van der Waals surface area contributed by atoms with Crippen LogP contribution >= 0.6 is 11.8 Å². The number of halogens is 3. The van der Waals surface area contributed by atoms with Gasteiger partial charge in [0.15, 0.2) is 0 Å². The first-order valence-corrected chi connectivity index (χ1v) is 8.22. The van der Waals surface area contributed by atoms with Crippen molar-refractivity contribution >= 4 is 27.9 Å². The largest absolute Gasteiger partial charge is 0.481 e. The van der Waals surface area contributed by atoms with Crippen molar-refractivity contribution < 1.29 is 31.5 Å². The molecule has 11 heteroatoms. The lowest BCUT2D eigenvalue weighted by atomic mass is 9.99. The molecule has 0 radical (unpaired) electrons. The van der Waals surface area contributed by atoms with Crippen molar-refractivity contribution in [1.29, 1.82) is 0 Å². The first-order chi connectivity index (χ1) is 9.12. The Balaban J connectivity index is 2.37. The van der Waals surface area contributed by atoms with Crippen LogP contribution in [0.1, 0.15) is 12.8 Å². The summed E-state index contributed by atoms with van der Waals surface area (Å²) in [7, 11) is -3.84. The smallest absolute Gasteiger partial charge is 0.441 e. The molecule has 0 atom stereocenters. The second-order valence-corrected chi connectivity index (χ2v) is 7.12. The van der Waals surface area contributed by atoms with Gasteiger partial charge in [-0.1, -0.05) is 0 Å². The highest BCUT2D eigenvalue weighted by atomic mass is 32.2. The molecule has 1 fully saturated rings. The average Bonchev–Trinajstić information content (AvgIpc) is 2.34. The number of nitrogens with one attached hydrogen (secondary N) is 1. The molecule has 1 saturated heterocycles. The van der Waals surface area contributed by atoms with Crippen molar-refractivity contribution in [1.82, 2.24) is 9.03 Å². The van der Waals surface area contributed by atoms with Crippen LogP contribution in [0.3, 0.4) is 0 Å². The van der Waals surface area contributed by atoms with Crippen molar-refractivity contribution in [3.8, 4) is 0 Å². The van der Waals surface area contributed by atoms with E-state index < -0.39 is 33.4 Å². The molecule has 0 aromatic rings. The quantitative estimate of drug-likeness (QED) is 0.703. The molecule has 20 heavy (non-hydrogen) atoms. The Labute approximate surface area is 118 Å². The molecule has 1 heterocycles. The number of carbonyl (C=O) groups is 1. The molecule has 0 aromatic heterocycles. The number of aliphatic carboxylic acids is 1. The zero-order chi connectivity index (χ0) is 15.4. The van der Waals surface area contributed by atoms with E-state index in [4.69, 9.17) is 5.11 Å². The molecule has 1 aliphatic rings. The summed E-state index contributed by atoms with van der Waals surface area (Å²) in [6.45, 7) is -0.219. The number of rotatable bonds is 6. The lowest BCUT2D eigenvalue weighted by Gasteiger charge is -2.29. The minimum atomic E-state index is -4.38. The van der Waals surface area contributed by atoms with Gasteiger partial charge in [0, 0.05) is 25.4 Å². The third-order valence-electron chi connectivity index (χ3n) is 2.80. The standard InChI is InChI=1S/C9H15F3N2O4S2/c10-9(11,12)19-6-3-13-20(17,18)14-4-1-7(2-5-14)8(15)16/h7,13H,1-6H2,(H,15,16). The topological polar surface area (TPSA) is 86.7 Å². The Hall–Kier alpha value is -0.520. The molecule has 0 aromatic carbocycles. The molecule has 0 unspecified atom stereocenters. The molecule has 6 nitrogen and oxygen atoms in total. The first kappa shape index (κ1) is 17.5. The summed E-state index contributed by atoms with van der Waals surface area (Å²) >= 11 is -0.298. The van der Waals surface area contributed by atoms with Gasteiger partial charge in [0.05, 0.1) is 5.92 Å². The summed E-state index contributed by atoms with van der Waals surface area (Å²) in [6.07, 6.45) is 0.404. The molecule has 0 bridgehead atoms. The van der Waals surface area contributed by atoms with E-state index >= 15 is 0 Å². The minimum Gasteiger partial charge on any atom is -0.481 e. The summed E-state index contributed by atoms with van der Waals surface area (Å²) < 4.78 is 62.3. The van der Waals surface area contributed by atoms with Gasteiger partial charge in [0.1, 0.15) is 0 Å². The molecule has 118 valence electrons. The van der Waals surface area contributed by atoms with Gasteiger partial charge in [-0.3, -0.25) is 4.79 Å². The summed E-state index contributed by atoms with van der Waals surface area (Å²) in [5, 5.41) is 8.78. The fourth-order valence-electron chi connectivity index (χ4n) is 1.77. The third kappa shape index (κ3) is 5.85. The van der Waals surface area contributed by atoms with Gasteiger partial charge in [-0.2, -0.15) is 25.9 Å². The fourth-order valence-corrected chi connectivity index (χ4v) is 3.57. The van der Waals surface area contributed by atoms with E-state index in [2.05, 4.69) is 4.72 Å². The normalized spacial score (nSPS) is 19.1. The molecule has 0 saturated carbocycles. The zero-order valence-electron chi connectivity index (χ0n) is 10.4. The van der Waals surface area contributed by atoms with Crippen LogP contribution in [0, 0.1) is 5.92 Å². The number of piperidine rings is 1. The molecule has 1 rings (SSSR count). The number of carboxylic acid groups (broad SMARTS) is 1. The Morgan fingerprint density at radius 1 is 1.35 bits per heavy atom. The van der Waals surface area contributed by atoms with Gasteiger partial charge in [-0.05, 0) is 24.6 Å². The van der Waals surface area contributed by atoms with Crippen molar-refractivity contribution in [3.63, 3.8) is 0 Å². The highest BCUT2D eigenvalue weighted by molar-refractivity contribution is 8.00. The van der Waals surface area contributed by atoms with Crippen LogP contribution in [0.4, 0.5) is 13.2 Å². The maximum absolute atomic E-state index is 11.9. The molecule has 0 amide bonds. The summed E-state index contributed by atoms with van der Waals surface area (Å²) in [6, 6.07) is 0. The van der Waals surface area contributed by atoms with Gasteiger partial charge in [-0.15, -0.1) is 0 Å². The SMILES string of the molecule is O=C(O)C1CCN(S(=O)(=O)NCCSC(F)(F)F)CC1. The molecule has 0 aliphatic carbocycles. The van der Waals surface area contributed by atoms with Gasteiger partial charge in [-0.25, -0.2) is 4.72 Å². The number of hydrogen-bond donors (Lipinski definition) is 2. The molecule has 0 spiro atoms. The molecule has 2 N–H and O–H groups in total. The number of nitrogens with zero attached hydrogens (tertiary/aromatic N) is 1. The van der Waals surface area contributed by atoms with E-state index in [1.165, 1.54) is 0 Å². The van der Waals surface area contributed by atoms with E-state index in [-0.39, 0.29) is 44.2 Å².